The second-order valence-corrected chi connectivity index (χ2v) is 10.3. The largest absolute Gasteiger partial charge is 0.463 e. The quantitative estimate of drug-likeness (QED) is 0.181. The molecule has 2 aliphatic rings. The molecule has 0 spiro atoms. The summed E-state index contributed by atoms with van der Waals surface area (Å²) in [6.45, 7) is 7.05. The minimum Gasteiger partial charge on any atom is -0.463 e. The summed E-state index contributed by atoms with van der Waals surface area (Å²) >= 11 is 0. The molecule has 19 heteroatoms. The Balaban J connectivity index is 2.73. The summed E-state index contributed by atoms with van der Waals surface area (Å²) in [5.41, 5.74) is 0. The molecule has 47 heavy (non-hydrogen) atoms. The lowest BCUT2D eigenvalue weighted by molar-refractivity contribution is -0.357. The van der Waals surface area contributed by atoms with Crippen LogP contribution in [0.2, 0.25) is 0 Å². The summed E-state index contributed by atoms with van der Waals surface area (Å²) in [5, 5.41) is 0. The second-order valence-electron chi connectivity index (χ2n) is 10.3. The number of ether oxygens (including phenoxy) is 11. The Bertz CT molecular complexity index is 1200. The van der Waals surface area contributed by atoms with E-state index in [1.165, 1.54) is 0 Å². The second kappa shape index (κ2) is 17.5. The van der Waals surface area contributed by atoms with Crippen LogP contribution in [0.25, 0.3) is 0 Å². The van der Waals surface area contributed by atoms with Gasteiger partial charge < -0.3 is 52.1 Å². The first kappa shape index (κ1) is 38.8. The van der Waals surface area contributed by atoms with E-state index in [1.54, 1.807) is 0 Å². The van der Waals surface area contributed by atoms with Crippen LogP contribution in [0, 0.1) is 0 Å². The number of carbonyl (C=O) groups excluding carboxylic acids is 8. The van der Waals surface area contributed by atoms with Gasteiger partial charge in [0, 0.05) is 55.4 Å². The van der Waals surface area contributed by atoms with E-state index in [2.05, 4.69) is 0 Å². The fourth-order valence-electron chi connectivity index (χ4n) is 4.73. The summed E-state index contributed by atoms with van der Waals surface area (Å²) < 4.78 is 60.2. The minimum atomic E-state index is -1.83. The summed E-state index contributed by atoms with van der Waals surface area (Å²) in [5.74, 6) is -7.02. The molecule has 0 aromatic rings. The third-order valence-corrected chi connectivity index (χ3v) is 6.17. The van der Waals surface area contributed by atoms with Crippen LogP contribution in [0.15, 0.2) is 0 Å². The van der Waals surface area contributed by atoms with Crippen LogP contribution in [-0.2, 0) is 90.5 Å². The van der Waals surface area contributed by atoms with Crippen molar-refractivity contribution < 1.29 is 90.5 Å². The smallest absolute Gasteiger partial charge is 0.305 e. The average Bonchev–Trinajstić information content (AvgIpc) is 2.91. The fourth-order valence-corrected chi connectivity index (χ4v) is 4.73. The summed E-state index contributed by atoms with van der Waals surface area (Å²) in [4.78, 5) is 96.3. The molecule has 0 radical (unpaired) electrons. The molecular formula is C28H38O19. The van der Waals surface area contributed by atoms with Gasteiger partial charge in [0.1, 0.15) is 31.5 Å². The van der Waals surface area contributed by atoms with Crippen molar-refractivity contribution in [3.05, 3.63) is 0 Å². The first-order valence-corrected chi connectivity index (χ1v) is 14.2. The van der Waals surface area contributed by atoms with E-state index >= 15 is 0 Å². The van der Waals surface area contributed by atoms with Crippen LogP contribution < -0.4 is 0 Å². The van der Waals surface area contributed by atoms with E-state index in [1.807, 2.05) is 0 Å². The molecule has 0 amide bonds. The molecule has 2 saturated heterocycles. The van der Waals surface area contributed by atoms with Crippen molar-refractivity contribution in [1.29, 1.82) is 0 Å². The average molecular weight is 679 g/mol. The Kier molecular flexibility index (Phi) is 14.5. The normalized spacial score (nSPS) is 30.0. The van der Waals surface area contributed by atoms with E-state index in [0.717, 1.165) is 55.4 Å². The lowest BCUT2D eigenvalue weighted by Crippen LogP contribution is -2.67. The monoisotopic (exact) mass is 678 g/mol. The molecule has 0 aromatic carbocycles. The van der Waals surface area contributed by atoms with Gasteiger partial charge >= 0.3 is 47.8 Å². The van der Waals surface area contributed by atoms with Crippen molar-refractivity contribution in [1.82, 2.24) is 0 Å². The van der Waals surface area contributed by atoms with Crippen LogP contribution in [0.4, 0.5) is 0 Å². The maximum atomic E-state index is 12.3. The highest BCUT2D eigenvalue weighted by molar-refractivity contribution is 5.70. The van der Waals surface area contributed by atoms with Crippen LogP contribution in [0.1, 0.15) is 55.4 Å². The first-order valence-electron chi connectivity index (χ1n) is 14.2. The van der Waals surface area contributed by atoms with Crippen molar-refractivity contribution in [3.63, 3.8) is 0 Å². The van der Waals surface area contributed by atoms with Crippen molar-refractivity contribution in [3.8, 4) is 0 Å². The molecular weight excluding hydrogens is 640 g/mol. The highest BCUT2D eigenvalue weighted by atomic mass is 16.8. The maximum absolute atomic E-state index is 12.3. The van der Waals surface area contributed by atoms with Crippen LogP contribution in [-0.4, -0.2) is 122 Å². The Morgan fingerprint density at radius 1 is 0.383 bits per heavy atom. The molecule has 2 fully saturated rings. The van der Waals surface area contributed by atoms with Gasteiger partial charge in [-0.15, -0.1) is 0 Å². The van der Waals surface area contributed by atoms with E-state index in [9.17, 15) is 38.4 Å². The molecule has 10 atom stereocenters. The topological polar surface area (TPSA) is 238 Å². The zero-order valence-electron chi connectivity index (χ0n) is 26.9. The molecule has 0 aromatic heterocycles. The zero-order chi connectivity index (χ0) is 35.6. The van der Waals surface area contributed by atoms with E-state index in [-0.39, 0.29) is 0 Å². The first-order chi connectivity index (χ1) is 21.9. The molecule has 0 aliphatic carbocycles. The van der Waals surface area contributed by atoms with Gasteiger partial charge in [-0.25, -0.2) is 0 Å². The van der Waals surface area contributed by atoms with Crippen LogP contribution in [0.5, 0.6) is 0 Å². The SMILES string of the molecule is CC(=O)OCC1O[C@@H](O[C@@H]2C(COC(C)=O)O[C@@H](OC(C)=O)C(OC(C)=O)C2OC(C)=O)C(OC(C)=O)C(OC(C)=O)[C@@H]1OC(C)=O. The van der Waals surface area contributed by atoms with Gasteiger partial charge in [-0.05, 0) is 0 Å². The summed E-state index contributed by atoms with van der Waals surface area (Å²) in [7, 11) is 0. The Morgan fingerprint density at radius 3 is 1.11 bits per heavy atom. The van der Waals surface area contributed by atoms with Crippen molar-refractivity contribution in [2.45, 2.75) is 117 Å². The van der Waals surface area contributed by atoms with Crippen molar-refractivity contribution in [2.24, 2.45) is 0 Å². The third-order valence-electron chi connectivity index (χ3n) is 6.17. The van der Waals surface area contributed by atoms with Gasteiger partial charge in [0.2, 0.25) is 12.4 Å². The van der Waals surface area contributed by atoms with Gasteiger partial charge in [-0.2, -0.15) is 0 Å². The van der Waals surface area contributed by atoms with Crippen molar-refractivity contribution in [2.75, 3.05) is 13.2 Å². The lowest BCUT2D eigenvalue weighted by Gasteiger charge is -2.48. The van der Waals surface area contributed by atoms with Crippen molar-refractivity contribution >= 4 is 47.8 Å². The van der Waals surface area contributed by atoms with E-state index in [0.29, 0.717) is 0 Å². The van der Waals surface area contributed by atoms with E-state index in [4.69, 9.17) is 52.1 Å². The molecule has 2 heterocycles. The van der Waals surface area contributed by atoms with Gasteiger partial charge in [0.05, 0.1) is 0 Å². The molecule has 0 N–H and O–H groups in total. The molecule has 2 aliphatic heterocycles. The number of hydrogen-bond donors (Lipinski definition) is 0. The molecule has 264 valence electrons. The number of hydrogen-bond acceptors (Lipinski definition) is 19. The predicted octanol–water partition coefficient (Wildman–Crippen LogP) is -0.831. The zero-order valence-corrected chi connectivity index (χ0v) is 26.9. The lowest BCUT2D eigenvalue weighted by atomic mass is 9.96. The number of rotatable bonds is 12. The number of carbonyl (C=O) groups is 8. The van der Waals surface area contributed by atoms with E-state index < -0.39 is 122 Å². The predicted molar refractivity (Wildman–Crippen MR) is 145 cm³/mol. The molecule has 0 saturated carbocycles. The van der Waals surface area contributed by atoms with Crippen LogP contribution in [0.3, 0.4) is 0 Å². The number of esters is 8. The Hall–Kier alpha value is -4.36. The van der Waals surface area contributed by atoms with Crippen LogP contribution >= 0.6 is 0 Å². The summed E-state index contributed by atoms with van der Waals surface area (Å²) in [6, 6.07) is 0. The molecule has 0 bridgehead atoms. The Morgan fingerprint density at radius 2 is 0.702 bits per heavy atom. The Labute approximate surface area is 268 Å². The van der Waals surface area contributed by atoms with Gasteiger partial charge in [-0.3, -0.25) is 38.4 Å². The highest BCUT2D eigenvalue weighted by Gasteiger charge is 2.58. The molecule has 6 unspecified atom stereocenters. The standard InChI is InChI=1S/C28H38O19/c1-11(29)37-9-19-21(39-13(3)31)23(40-14(4)32)26(43-17(7)35)28(46-19)47-22-20(10-38-12(2)30)45-27(44-18(8)36)25(42-16(6)34)24(22)41-15(5)33/h19-28H,9-10H2,1-8H3/t19?,20?,21-,22-,23?,24?,25?,26?,27-,28+/m1/s1. The van der Waals surface area contributed by atoms with Gasteiger partial charge in [0.25, 0.3) is 0 Å². The highest BCUT2D eigenvalue weighted by Crippen LogP contribution is 2.35. The molecule has 19 nitrogen and oxygen atoms in total. The van der Waals surface area contributed by atoms with Gasteiger partial charge in [0.15, 0.2) is 30.7 Å². The fraction of sp³-hybridized carbons (Fsp3) is 0.714. The maximum Gasteiger partial charge on any atom is 0.305 e. The van der Waals surface area contributed by atoms with Gasteiger partial charge in [-0.1, -0.05) is 0 Å². The minimum absolute atomic E-state index is 0.590. The summed E-state index contributed by atoms with van der Waals surface area (Å²) in [6.07, 6.45) is -16.3. The molecule has 2 rings (SSSR count). The third kappa shape index (κ3) is 12.1.